The fourth-order valence-electron chi connectivity index (χ4n) is 4.61. The summed E-state index contributed by atoms with van der Waals surface area (Å²) in [6.07, 6.45) is -6.43. The third-order valence-electron chi connectivity index (χ3n) is 7.24. The Hall–Kier alpha value is -5.28. The minimum Gasteiger partial charge on any atom is -0.475 e. The van der Waals surface area contributed by atoms with Gasteiger partial charge in [-0.15, -0.1) is 0 Å². The van der Waals surface area contributed by atoms with Crippen LogP contribution in [0.3, 0.4) is 0 Å². The number of halogens is 6. The zero-order valence-electron chi connectivity index (χ0n) is 26.5. The summed E-state index contributed by atoms with van der Waals surface area (Å²) in [5, 5.41) is 17.2. The Morgan fingerprint density at radius 2 is 1.00 bits per heavy atom. The van der Waals surface area contributed by atoms with Crippen LogP contribution in [-0.4, -0.2) is 81.4 Å². The number of carbonyl (C=O) groups is 3. The standard InChI is InChI=1S/C31H32N4O.2C2HF3O2/c36-31(33-22-25-4-2-1-3-5-25)30-12-10-29(11-13-30)28-8-6-26(7-9-28)23-34-18-20-35(21-19-34)24-27-14-16-32-17-15-27;2*3-2(4,5)1(6)7/h1-17H,18-24H2,(H,33,36);2*(H,6,7). The van der Waals surface area contributed by atoms with Crippen molar-refractivity contribution >= 4 is 17.8 Å². The molecule has 9 nitrogen and oxygen atoms in total. The molecule has 0 spiro atoms. The molecule has 1 aromatic heterocycles. The fraction of sp³-hybridized carbons (Fsp3) is 0.257. The van der Waals surface area contributed by atoms with Crippen molar-refractivity contribution in [2.24, 2.45) is 0 Å². The summed E-state index contributed by atoms with van der Waals surface area (Å²) in [4.78, 5) is 39.4. The fourth-order valence-corrected chi connectivity index (χ4v) is 4.61. The lowest BCUT2D eigenvalue weighted by atomic mass is 10.0. The number of benzene rings is 3. The van der Waals surface area contributed by atoms with Gasteiger partial charge in [0.1, 0.15) is 0 Å². The van der Waals surface area contributed by atoms with E-state index in [2.05, 4.69) is 56.5 Å². The van der Waals surface area contributed by atoms with Gasteiger partial charge in [-0.05, 0) is 52.1 Å². The number of carboxylic acid groups (broad SMARTS) is 2. The Bertz CT molecular complexity index is 1620. The second-order valence-electron chi connectivity index (χ2n) is 11.0. The molecule has 0 radical (unpaired) electrons. The second-order valence-corrected chi connectivity index (χ2v) is 11.0. The van der Waals surface area contributed by atoms with Gasteiger partial charge in [0.25, 0.3) is 5.91 Å². The first kappa shape index (κ1) is 39.2. The first-order valence-electron chi connectivity index (χ1n) is 15.1. The number of amides is 1. The maximum atomic E-state index is 12.5. The average Bonchev–Trinajstić information content (AvgIpc) is 3.09. The lowest BCUT2D eigenvalue weighted by molar-refractivity contribution is -0.193. The van der Waals surface area contributed by atoms with E-state index in [1.54, 1.807) is 0 Å². The number of rotatable bonds is 8. The molecular weight excluding hydrogens is 670 g/mol. The smallest absolute Gasteiger partial charge is 0.475 e. The Labute approximate surface area is 283 Å². The minimum absolute atomic E-state index is 0.0541. The Balaban J connectivity index is 0.000000408. The van der Waals surface area contributed by atoms with Crippen molar-refractivity contribution in [3.05, 3.63) is 126 Å². The van der Waals surface area contributed by atoms with Gasteiger partial charge in [-0.25, -0.2) is 9.59 Å². The summed E-state index contributed by atoms with van der Waals surface area (Å²) in [6, 6.07) is 30.8. The van der Waals surface area contributed by atoms with E-state index in [1.807, 2.05) is 67.0 Å². The van der Waals surface area contributed by atoms with Gasteiger partial charge in [-0.1, -0.05) is 66.7 Å². The largest absolute Gasteiger partial charge is 0.490 e. The number of piperazine rings is 1. The third kappa shape index (κ3) is 13.7. The van der Waals surface area contributed by atoms with E-state index >= 15 is 0 Å². The molecule has 4 aromatic rings. The predicted molar refractivity (Wildman–Crippen MR) is 172 cm³/mol. The van der Waals surface area contributed by atoms with E-state index in [4.69, 9.17) is 19.8 Å². The molecule has 5 rings (SSSR count). The van der Waals surface area contributed by atoms with Gasteiger partial charge >= 0.3 is 24.3 Å². The zero-order valence-corrected chi connectivity index (χ0v) is 26.5. The maximum absolute atomic E-state index is 12.5. The summed E-state index contributed by atoms with van der Waals surface area (Å²) in [6.45, 7) is 6.85. The number of nitrogens with one attached hydrogen (secondary N) is 1. The van der Waals surface area contributed by atoms with Crippen LogP contribution in [0.25, 0.3) is 11.1 Å². The highest BCUT2D eigenvalue weighted by Crippen LogP contribution is 2.22. The summed E-state index contributed by atoms with van der Waals surface area (Å²) in [5.74, 6) is -5.57. The Morgan fingerprint density at radius 3 is 1.42 bits per heavy atom. The molecule has 1 saturated heterocycles. The van der Waals surface area contributed by atoms with E-state index < -0.39 is 24.3 Å². The van der Waals surface area contributed by atoms with Crippen LogP contribution in [0.4, 0.5) is 26.3 Å². The van der Waals surface area contributed by atoms with E-state index in [9.17, 15) is 31.1 Å². The van der Waals surface area contributed by atoms with Crippen LogP contribution in [0.5, 0.6) is 0 Å². The van der Waals surface area contributed by atoms with Crippen molar-refractivity contribution < 1.29 is 50.9 Å². The SMILES string of the molecule is O=C(NCc1ccccc1)c1ccc(-c2ccc(CN3CCN(Cc4ccncc4)CC3)cc2)cc1.O=C(O)C(F)(F)F.O=C(O)C(F)(F)F. The molecule has 50 heavy (non-hydrogen) atoms. The molecule has 0 aliphatic carbocycles. The van der Waals surface area contributed by atoms with E-state index in [-0.39, 0.29) is 5.91 Å². The highest BCUT2D eigenvalue weighted by atomic mass is 19.4. The van der Waals surface area contributed by atoms with E-state index in [0.717, 1.165) is 56.0 Å². The van der Waals surface area contributed by atoms with Crippen LogP contribution in [-0.2, 0) is 29.2 Å². The minimum atomic E-state index is -5.08. The van der Waals surface area contributed by atoms with Gasteiger partial charge in [0.15, 0.2) is 0 Å². The number of alkyl halides is 6. The summed E-state index contributed by atoms with van der Waals surface area (Å²) < 4.78 is 63.5. The number of aromatic nitrogens is 1. The molecule has 0 bridgehead atoms. The lowest BCUT2D eigenvalue weighted by Gasteiger charge is -2.34. The van der Waals surface area contributed by atoms with E-state index in [0.29, 0.717) is 12.1 Å². The van der Waals surface area contributed by atoms with Gasteiger partial charge in [0.2, 0.25) is 0 Å². The third-order valence-corrected chi connectivity index (χ3v) is 7.24. The summed E-state index contributed by atoms with van der Waals surface area (Å²) in [5.41, 5.74) is 6.71. The van der Waals surface area contributed by atoms with Gasteiger partial charge in [0.05, 0.1) is 0 Å². The number of aliphatic carboxylic acids is 2. The van der Waals surface area contributed by atoms with Crippen LogP contribution in [0.1, 0.15) is 27.0 Å². The molecule has 0 unspecified atom stereocenters. The normalized spacial score (nSPS) is 13.6. The zero-order chi connectivity index (χ0) is 36.7. The number of hydrogen-bond acceptors (Lipinski definition) is 6. The number of nitrogens with zero attached hydrogens (tertiary/aromatic N) is 3. The number of carboxylic acids is 2. The van der Waals surface area contributed by atoms with Crippen molar-refractivity contribution in [3.63, 3.8) is 0 Å². The van der Waals surface area contributed by atoms with Crippen molar-refractivity contribution in [1.29, 1.82) is 0 Å². The topological polar surface area (TPSA) is 123 Å². The lowest BCUT2D eigenvalue weighted by Crippen LogP contribution is -2.45. The molecule has 0 atom stereocenters. The van der Waals surface area contributed by atoms with Crippen molar-refractivity contribution in [2.75, 3.05) is 26.2 Å². The maximum Gasteiger partial charge on any atom is 0.490 e. The molecule has 15 heteroatoms. The summed E-state index contributed by atoms with van der Waals surface area (Å²) >= 11 is 0. The highest BCUT2D eigenvalue weighted by molar-refractivity contribution is 5.94. The van der Waals surface area contributed by atoms with Gasteiger partial charge < -0.3 is 15.5 Å². The quantitative estimate of drug-likeness (QED) is 0.184. The molecule has 1 aliphatic rings. The first-order valence-corrected chi connectivity index (χ1v) is 15.1. The monoisotopic (exact) mass is 704 g/mol. The van der Waals surface area contributed by atoms with Crippen LogP contribution >= 0.6 is 0 Å². The summed E-state index contributed by atoms with van der Waals surface area (Å²) in [7, 11) is 0. The van der Waals surface area contributed by atoms with Crippen molar-refractivity contribution in [3.8, 4) is 11.1 Å². The van der Waals surface area contributed by atoms with Gasteiger partial charge in [0, 0.05) is 63.8 Å². The predicted octanol–water partition coefficient (Wildman–Crippen LogP) is 6.26. The average molecular weight is 705 g/mol. The molecule has 1 amide bonds. The van der Waals surface area contributed by atoms with Crippen molar-refractivity contribution in [2.45, 2.75) is 32.0 Å². The highest BCUT2D eigenvalue weighted by Gasteiger charge is 2.38. The van der Waals surface area contributed by atoms with Gasteiger partial charge in [-0.2, -0.15) is 26.3 Å². The second kappa shape index (κ2) is 18.5. The molecule has 1 aliphatic heterocycles. The van der Waals surface area contributed by atoms with Gasteiger partial charge in [-0.3, -0.25) is 19.6 Å². The number of carbonyl (C=O) groups excluding carboxylic acids is 1. The molecule has 2 heterocycles. The van der Waals surface area contributed by atoms with Crippen LogP contribution in [0.2, 0.25) is 0 Å². The van der Waals surface area contributed by atoms with Crippen molar-refractivity contribution in [1.82, 2.24) is 20.1 Å². The number of pyridine rings is 1. The van der Waals surface area contributed by atoms with Crippen LogP contribution < -0.4 is 5.32 Å². The molecule has 3 N–H and O–H groups in total. The molecule has 266 valence electrons. The molecule has 0 saturated carbocycles. The molecule has 3 aromatic carbocycles. The molecule has 1 fully saturated rings. The Kier molecular flexibility index (Phi) is 14.5. The van der Waals surface area contributed by atoms with E-state index in [1.165, 1.54) is 11.1 Å². The Morgan fingerprint density at radius 1 is 0.600 bits per heavy atom. The molecular formula is C35H34F6N4O5. The first-order chi connectivity index (χ1) is 23.6. The van der Waals surface area contributed by atoms with Crippen LogP contribution in [0, 0.1) is 0 Å². The van der Waals surface area contributed by atoms with Crippen LogP contribution in [0.15, 0.2) is 103 Å². The number of hydrogen-bond donors (Lipinski definition) is 3.